The third-order valence-corrected chi connectivity index (χ3v) is 8.26. The molecule has 0 saturated heterocycles. The molecule has 214 valence electrons. The number of hydrogen-bond donors (Lipinski definition) is 2. The zero-order chi connectivity index (χ0) is 28.5. The van der Waals surface area contributed by atoms with Gasteiger partial charge in [0.05, 0.1) is 16.7 Å². The van der Waals surface area contributed by atoms with Crippen LogP contribution in [0, 0.1) is 5.92 Å². The van der Waals surface area contributed by atoms with Crippen LogP contribution in [0.4, 0.5) is 0 Å². The van der Waals surface area contributed by atoms with E-state index in [0.29, 0.717) is 11.5 Å². The summed E-state index contributed by atoms with van der Waals surface area (Å²) in [7, 11) is 5.96. The maximum Gasteiger partial charge on any atom is 0.251 e. The number of pyridine rings is 1. The van der Waals surface area contributed by atoms with Crippen molar-refractivity contribution >= 4 is 33.9 Å². The summed E-state index contributed by atoms with van der Waals surface area (Å²) in [5.41, 5.74) is 4.43. The predicted molar refractivity (Wildman–Crippen MR) is 162 cm³/mol. The fraction of sp³-hybridized carbons (Fsp3) is 0.438. The van der Waals surface area contributed by atoms with Crippen LogP contribution in [0.2, 0.25) is 0 Å². The number of aryl methyl sites for hydroxylation is 1. The average molecular weight is 554 g/mol. The molecule has 2 atom stereocenters. The first-order valence-electron chi connectivity index (χ1n) is 14.7. The fourth-order valence-corrected chi connectivity index (χ4v) is 5.93. The van der Waals surface area contributed by atoms with Crippen molar-refractivity contribution in [3.05, 3.63) is 60.3 Å². The zero-order valence-corrected chi connectivity index (χ0v) is 24.1. The number of benzene rings is 1. The van der Waals surface area contributed by atoms with E-state index in [4.69, 9.17) is 4.98 Å². The van der Waals surface area contributed by atoms with E-state index < -0.39 is 0 Å². The van der Waals surface area contributed by atoms with Gasteiger partial charge in [-0.25, -0.2) is 9.97 Å². The van der Waals surface area contributed by atoms with Crippen LogP contribution < -0.4 is 10.6 Å². The minimum Gasteiger partial charge on any atom is -0.350 e. The monoisotopic (exact) mass is 553 g/mol. The normalized spacial score (nSPS) is 19.4. The predicted octanol–water partition coefficient (Wildman–Crippen LogP) is 4.28. The molecule has 0 aliphatic heterocycles. The quantitative estimate of drug-likeness (QED) is 0.302. The molecule has 0 bridgehead atoms. The maximum atomic E-state index is 13.3. The number of nitrogens with one attached hydrogen (secondary N) is 2. The molecule has 2 aliphatic rings. The van der Waals surface area contributed by atoms with Crippen LogP contribution in [0.25, 0.3) is 33.6 Å². The Hall–Kier alpha value is -3.98. The second-order valence-electron chi connectivity index (χ2n) is 11.9. The molecule has 41 heavy (non-hydrogen) atoms. The lowest BCUT2D eigenvalue weighted by atomic mass is 9.90. The van der Waals surface area contributed by atoms with Crippen LogP contribution in [-0.4, -0.2) is 68.5 Å². The van der Waals surface area contributed by atoms with E-state index >= 15 is 0 Å². The molecule has 2 saturated carbocycles. The lowest BCUT2D eigenvalue weighted by Crippen LogP contribution is -2.45. The van der Waals surface area contributed by atoms with Crippen molar-refractivity contribution in [2.75, 3.05) is 20.6 Å². The first-order valence-corrected chi connectivity index (χ1v) is 14.7. The van der Waals surface area contributed by atoms with Gasteiger partial charge in [-0.2, -0.15) is 0 Å². The number of likely N-dealkylation sites (N-methyl/N-ethyl adjacent to an activating group) is 1. The lowest BCUT2D eigenvalue weighted by Gasteiger charge is -2.30. The van der Waals surface area contributed by atoms with Gasteiger partial charge >= 0.3 is 0 Å². The number of imidazole rings is 1. The van der Waals surface area contributed by atoms with Crippen LogP contribution in [0.5, 0.6) is 0 Å². The minimum absolute atomic E-state index is 0.0212. The van der Waals surface area contributed by atoms with Crippen molar-refractivity contribution in [3.8, 4) is 11.5 Å². The van der Waals surface area contributed by atoms with E-state index in [9.17, 15) is 9.59 Å². The molecule has 4 aromatic rings. The van der Waals surface area contributed by atoms with Crippen molar-refractivity contribution in [1.82, 2.24) is 34.6 Å². The van der Waals surface area contributed by atoms with Gasteiger partial charge in [-0.1, -0.05) is 6.08 Å². The molecule has 2 fully saturated rings. The standard InChI is InChI=1S/C32H39N7O2/c1-37(2)16-6-10-29(40)34-24-8-4-9-25(19-24)35-32(41)23-13-14-27-26(17-23)36-31(38(27)3)28-18-22-7-5-15-33-30(22)39(28)20-21-11-12-21/h5-7,10,13-15,17-18,21,24-25H,4,8-9,11-12,16,19-20H2,1-3H3,(H,34,40)(H,35,41)/b10-6+/t24-,25?/m1/s1. The molecule has 2 amide bonds. The van der Waals surface area contributed by atoms with Gasteiger partial charge in [0.25, 0.3) is 5.91 Å². The van der Waals surface area contributed by atoms with Crippen molar-refractivity contribution in [3.63, 3.8) is 0 Å². The Kier molecular flexibility index (Phi) is 7.62. The topological polar surface area (TPSA) is 97.1 Å². The largest absolute Gasteiger partial charge is 0.350 e. The van der Waals surface area contributed by atoms with E-state index in [-0.39, 0.29) is 23.9 Å². The van der Waals surface area contributed by atoms with Crippen LogP contribution in [0.15, 0.2) is 54.7 Å². The smallest absolute Gasteiger partial charge is 0.251 e. The number of nitrogens with zero attached hydrogens (tertiary/aromatic N) is 5. The fourth-order valence-electron chi connectivity index (χ4n) is 5.93. The second-order valence-corrected chi connectivity index (χ2v) is 11.9. The maximum absolute atomic E-state index is 13.3. The summed E-state index contributed by atoms with van der Waals surface area (Å²) >= 11 is 0. The van der Waals surface area contributed by atoms with Crippen molar-refractivity contribution in [2.24, 2.45) is 13.0 Å². The summed E-state index contributed by atoms with van der Waals surface area (Å²) in [6, 6.07) is 12.1. The molecule has 2 aliphatic carbocycles. The molecule has 1 unspecified atom stereocenters. The van der Waals surface area contributed by atoms with Crippen LogP contribution in [0.3, 0.4) is 0 Å². The third kappa shape index (κ3) is 6.05. The molecule has 3 heterocycles. The number of carbonyl (C=O) groups excluding carboxylic acids is 2. The summed E-state index contributed by atoms with van der Waals surface area (Å²) in [5, 5.41) is 7.42. The average Bonchev–Trinajstić information content (AvgIpc) is 3.62. The van der Waals surface area contributed by atoms with Crippen LogP contribution in [-0.2, 0) is 18.4 Å². The van der Waals surface area contributed by atoms with E-state index in [1.165, 1.54) is 12.8 Å². The van der Waals surface area contributed by atoms with Gasteiger partial charge in [0, 0.05) is 55.4 Å². The highest BCUT2D eigenvalue weighted by atomic mass is 16.2. The highest BCUT2D eigenvalue weighted by molar-refractivity contribution is 5.98. The van der Waals surface area contributed by atoms with Gasteiger partial charge in [-0.3, -0.25) is 9.59 Å². The first kappa shape index (κ1) is 27.2. The molecule has 0 radical (unpaired) electrons. The number of hydrogen-bond acceptors (Lipinski definition) is 5. The highest BCUT2D eigenvalue weighted by Crippen LogP contribution is 2.36. The Morgan fingerprint density at radius 3 is 2.66 bits per heavy atom. The van der Waals surface area contributed by atoms with Gasteiger partial charge in [-0.15, -0.1) is 0 Å². The summed E-state index contributed by atoms with van der Waals surface area (Å²) in [6.45, 7) is 1.67. The summed E-state index contributed by atoms with van der Waals surface area (Å²) in [6.07, 6.45) is 11.4. The SMILES string of the molecule is CN(C)C/C=C/C(=O)N[C@@H]1CCCC(NC(=O)c2ccc3c(c2)nc(-c2cc4cccnc4n2CC2CC2)n3C)C1. The number of carbonyl (C=O) groups is 2. The Labute approximate surface area is 240 Å². The van der Waals surface area contributed by atoms with Gasteiger partial charge in [-0.05, 0) is 94.9 Å². The van der Waals surface area contributed by atoms with Gasteiger partial charge in [0.15, 0.2) is 5.82 Å². The molecular formula is C32H39N7O2. The molecule has 0 spiro atoms. The first-order chi connectivity index (χ1) is 19.9. The number of rotatable bonds is 9. The van der Waals surface area contributed by atoms with Crippen molar-refractivity contribution in [2.45, 2.75) is 57.2 Å². The number of fused-ring (bicyclic) bond motifs is 2. The van der Waals surface area contributed by atoms with Gasteiger partial charge in [0.2, 0.25) is 5.91 Å². The highest BCUT2D eigenvalue weighted by Gasteiger charge is 2.27. The number of amides is 2. The van der Waals surface area contributed by atoms with Crippen LogP contribution >= 0.6 is 0 Å². The van der Waals surface area contributed by atoms with Crippen molar-refractivity contribution < 1.29 is 9.59 Å². The molecule has 9 nitrogen and oxygen atoms in total. The second kappa shape index (κ2) is 11.5. The molecule has 1 aromatic carbocycles. The van der Waals surface area contributed by atoms with Gasteiger partial charge in [0.1, 0.15) is 5.65 Å². The van der Waals surface area contributed by atoms with Gasteiger partial charge < -0.3 is 24.7 Å². The molecular weight excluding hydrogens is 514 g/mol. The molecule has 6 rings (SSSR count). The summed E-state index contributed by atoms with van der Waals surface area (Å²) < 4.78 is 4.41. The Bertz CT molecular complexity index is 1610. The molecule has 9 heteroatoms. The van der Waals surface area contributed by atoms with E-state index in [1.54, 1.807) is 6.08 Å². The summed E-state index contributed by atoms with van der Waals surface area (Å²) in [5.74, 6) is 1.39. The third-order valence-electron chi connectivity index (χ3n) is 8.26. The van der Waals surface area contributed by atoms with Crippen molar-refractivity contribution in [1.29, 1.82) is 0 Å². The van der Waals surface area contributed by atoms with E-state index in [1.807, 2.05) is 62.6 Å². The lowest BCUT2D eigenvalue weighted by molar-refractivity contribution is -0.117. The molecule has 2 N–H and O–H groups in total. The van der Waals surface area contributed by atoms with E-state index in [2.05, 4.69) is 36.9 Å². The minimum atomic E-state index is -0.103. The zero-order valence-electron chi connectivity index (χ0n) is 24.1. The Morgan fingerprint density at radius 2 is 1.88 bits per heavy atom. The summed E-state index contributed by atoms with van der Waals surface area (Å²) in [4.78, 5) is 37.3. The van der Waals surface area contributed by atoms with E-state index in [0.717, 1.165) is 72.4 Å². The number of aromatic nitrogens is 4. The Morgan fingerprint density at radius 1 is 1.07 bits per heavy atom. The Balaban J connectivity index is 1.17. The molecule has 3 aromatic heterocycles. The van der Waals surface area contributed by atoms with Crippen LogP contribution in [0.1, 0.15) is 48.9 Å².